The second-order valence-electron chi connectivity index (χ2n) is 4.58. The lowest BCUT2D eigenvalue weighted by Gasteiger charge is -2.22. The van der Waals surface area contributed by atoms with E-state index in [9.17, 15) is 4.79 Å². The summed E-state index contributed by atoms with van der Waals surface area (Å²) in [5, 5.41) is 6.25. The van der Waals surface area contributed by atoms with Gasteiger partial charge in [0.25, 0.3) is 5.91 Å². The van der Waals surface area contributed by atoms with Crippen LogP contribution in [0.4, 0.5) is 0 Å². The maximum Gasteiger partial charge on any atom is 0.251 e. The van der Waals surface area contributed by atoms with Crippen LogP contribution >= 0.6 is 0 Å². The topological polar surface area (TPSA) is 58.7 Å². The van der Waals surface area contributed by atoms with E-state index in [2.05, 4.69) is 25.9 Å². The molecule has 2 N–H and O–H groups in total. The van der Waals surface area contributed by atoms with Crippen LogP contribution in [0.1, 0.15) is 52.9 Å². The minimum atomic E-state index is -0.0100. The highest BCUT2D eigenvalue weighted by Crippen LogP contribution is 2.25. The van der Waals surface area contributed by atoms with E-state index >= 15 is 0 Å². The molecule has 1 heterocycles. The number of amides is 1. The van der Waals surface area contributed by atoms with Crippen molar-refractivity contribution >= 4 is 11.6 Å². The van der Waals surface area contributed by atoms with Crippen molar-refractivity contribution in [2.24, 2.45) is 16.8 Å². The SMILES string of the molecule is CCC1=NN(C(CC)CC)C(=O)C1CCCN. The van der Waals surface area contributed by atoms with Gasteiger partial charge in [-0.25, -0.2) is 5.01 Å². The Kier molecular flexibility index (Phi) is 5.62. The maximum absolute atomic E-state index is 12.3. The summed E-state index contributed by atoms with van der Waals surface area (Å²) in [5.41, 5.74) is 6.56. The minimum Gasteiger partial charge on any atom is -0.330 e. The van der Waals surface area contributed by atoms with Crippen LogP contribution in [0.2, 0.25) is 0 Å². The van der Waals surface area contributed by atoms with Crippen LogP contribution in [0, 0.1) is 5.92 Å². The molecule has 98 valence electrons. The van der Waals surface area contributed by atoms with Crippen molar-refractivity contribution < 1.29 is 4.79 Å². The molecule has 0 aromatic carbocycles. The van der Waals surface area contributed by atoms with Crippen molar-refractivity contribution in [1.82, 2.24) is 5.01 Å². The molecule has 1 aliphatic heterocycles. The Morgan fingerprint density at radius 1 is 1.35 bits per heavy atom. The Hall–Kier alpha value is -0.900. The van der Waals surface area contributed by atoms with Gasteiger partial charge in [0.15, 0.2) is 0 Å². The summed E-state index contributed by atoms with van der Waals surface area (Å²) in [6.07, 6.45) is 4.53. The molecule has 1 atom stereocenters. The zero-order valence-electron chi connectivity index (χ0n) is 11.3. The van der Waals surface area contributed by atoms with Crippen LogP contribution in [0.3, 0.4) is 0 Å². The van der Waals surface area contributed by atoms with Gasteiger partial charge in [-0.3, -0.25) is 4.79 Å². The van der Waals surface area contributed by atoms with Gasteiger partial charge in [0.2, 0.25) is 0 Å². The van der Waals surface area contributed by atoms with Crippen LogP contribution < -0.4 is 5.73 Å². The van der Waals surface area contributed by atoms with Crippen molar-refractivity contribution in [3.8, 4) is 0 Å². The van der Waals surface area contributed by atoms with Gasteiger partial charge in [0, 0.05) is 0 Å². The van der Waals surface area contributed by atoms with Crippen molar-refractivity contribution in [1.29, 1.82) is 0 Å². The van der Waals surface area contributed by atoms with Crippen LogP contribution in [0.15, 0.2) is 5.10 Å². The van der Waals surface area contributed by atoms with E-state index < -0.39 is 0 Å². The van der Waals surface area contributed by atoms with E-state index in [1.807, 2.05) is 0 Å². The third-order valence-electron chi connectivity index (χ3n) is 3.51. The van der Waals surface area contributed by atoms with E-state index in [-0.39, 0.29) is 17.9 Å². The smallest absolute Gasteiger partial charge is 0.251 e. The average Bonchev–Trinajstić information content (AvgIpc) is 2.66. The van der Waals surface area contributed by atoms with Gasteiger partial charge in [-0.2, -0.15) is 5.10 Å². The predicted octanol–water partition coefficient (Wildman–Crippen LogP) is 2.14. The monoisotopic (exact) mass is 239 g/mol. The Bertz CT molecular complexity index is 284. The maximum atomic E-state index is 12.3. The lowest BCUT2D eigenvalue weighted by molar-refractivity contribution is -0.134. The number of hydrogen-bond donors (Lipinski definition) is 1. The summed E-state index contributed by atoms with van der Waals surface area (Å²) in [6, 6.07) is 0.256. The minimum absolute atomic E-state index is 0.0100. The number of nitrogens with two attached hydrogens (primary N) is 1. The Morgan fingerprint density at radius 3 is 2.47 bits per heavy atom. The predicted molar refractivity (Wildman–Crippen MR) is 70.7 cm³/mol. The van der Waals surface area contributed by atoms with Crippen molar-refractivity contribution in [3.05, 3.63) is 0 Å². The van der Waals surface area contributed by atoms with Gasteiger partial charge >= 0.3 is 0 Å². The summed E-state index contributed by atoms with van der Waals surface area (Å²) in [7, 11) is 0. The summed E-state index contributed by atoms with van der Waals surface area (Å²) in [6.45, 7) is 6.93. The molecule has 0 bridgehead atoms. The zero-order chi connectivity index (χ0) is 12.8. The largest absolute Gasteiger partial charge is 0.330 e. The molecule has 0 fully saturated rings. The first-order valence-corrected chi connectivity index (χ1v) is 6.79. The van der Waals surface area contributed by atoms with E-state index in [1.165, 1.54) is 0 Å². The molecule has 0 saturated carbocycles. The average molecular weight is 239 g/mol. The van der Waals surface area contributed by atoms with Gasteiger partial charge < -0.3 is 5.73 Å². The summed E-state index contributed by atoms with van der Waals surface area (Å²) in [4.78, 5) is 12.3. The molecule has 0 spiro atoms. The normalized spacial score (nSPS) is 20.3. The number of hydrazone groups is 1. The summed E-state index contributed by atoms with van der Waals surface area (Å²) in [5.74, 6) is 0.174. The van der Waals surface area contributed by atoms with E-state index in [4.69, 9.17) is 5.73 Å². The van der Waals surface area contributed by atoms with E-state index in [0.717, 1.165) is 37.8 Å². The molecule has 0 aliphatic carbocycles. The summed E-state index contributed by atoms with van der Waals surface area (Å²) >= 11 is 0. The second-order valence-corrected chi connectivity index (χ2v) is 4.58. The molecule has 0 saturated heterocycles. The second kappa shape index (κ2) is 6.74. The fourth-order valence-corrected chi connectivity index (χ4v) is 2.38. The van der Waals surface area contributed by atoms with Crippen LogP contribution in [-0.4, -0.2) is 29.2 Å². The molecule has 4 heteroatoms. The van der Waals surface area contributed by atoms with Crippen LogP contribution in [-0.2, 0) is 4.79 Å². The molecule has 0 aromatic rings. The lowest BCUT2D eigenvalue weighted by atomic mass is 9.95. The quantitative estimate of drug-likeness (QED) is 0.740. The van der Waals surface area contributed by atoms with Gasteiger partial charge in [0.1, 0.15) is 0 Å². The molecule has 1 unspecified atom stereocenters. The molecule has 0 radical (unpaired) electrons. The van der Waals surface area contributed by atoms with E-state index in [1.54, 1.807) is 5.01 Å². The number of rotatable bonds is 7. The number of nitrogens with zero attached hydrogens (tertiary/aromatic N) is 2. The van der Waals surface area contributed by atoms with Gasteiger partial charge in [-0.1, -0.05) is 20.8 Å². The van der Waals surface area contributed by atoms with E-state index in [0.29, 0.717) is 6.54 Å². The highest BCUT2D eigenvalue weighted by molar-refractivity contribution is 6.07. The number of carbonyl (C=O) groups excluding carboxylic acids is 1. The third kappa shape index (κ3) is 3.06. The van der Waals surface area contributed by atoms with Crippen molar-refractivity contribution in [2.45, 2.75) is 58.9 Å². The molecular weight excluding hydrogens is 214 g/mol. The van der Waals surface area contributed by atoms with Gasteiger partial charge in [-0.05, 0) is 38.6 Å². The lowest BCUT2D eigenvalue weighted by Crippen LogP contribution is -2.35. The zero-order valence-corrected chi connectivity index (χ0v) is 11.3. The fourth-order valence-electron chi connectivity index (χ4n) is 2.38. The molecule has 17 heavy (non-hydrogen) atoms. The highest BCUT2D eigenvalue weighted by Gasteiger charge is 2.36. The van der Waals surface area contributed by atoms with Crippen molar-refractivity contribution in [3.63, 3.8) is 0 Å². The first kappa shape index (κ1) is 14.2. The molecule has 1 aliphatic rings. The molecule has 1 rings (SSSR count). The Labute approximate surface area is 104 Å². The van der Waals surface area contributed by atoms with Gasteiger partial charge in [-0.15, -0.1) is 0 Å². The Morgan fingerprint density at radius 2 is 2.00 bits per heavy atom. The van der Waals surface area contributed by atoms with Crippen LogP contribution in [0.5, 0.6) is 0 Å². The highest BCUT2D eigenvalue weighted by atomic mass is 16.2. The first-order valence-electron chi connectivity index (χ1n) is 6.79. The molecular formula is C13H25N3O. The Balaban J connectivity index is 2.77. The van der Waals surface area contributed by atoms with Crippen molar-refractivity contribution in [2.75, 3.05) is 6.54 Å². The standard InChI is InChI=1S/C13H25N3O/c1-4-10(5-2)16-13(17)11(8-7-9-14)12(6-3)15-16/h10-11H,4-9,14H2,1-3H3. The number of hydrogen-bond acceptors (Lipinski definition) is 3. The summed E-state index contributed by atoms with van der Waals surface area (Å²) < 4.78 is 0. The number of carbonyl (C=O) groups is 1. The molecule has 1 amide bonds. The third-order valence-corrected chi connectivity index (χ3v) is 3.51. The van der Waals surface area contributed by atoms with Crippen LogP contribution in [0.25, 0.3) is 0 Å². The fraction of sp³-hybridized carbons (Fsp3) is 0.846. The molecule has 4 nitrogen and oxygen atoms in total. The first-order chi connectivity index (χ1) is 8.19. The molecule has 0 aromatic heterocycles. The van der Waals surface area contributed by atoms with Gasteiger partial charge in [0.05, 0.1) is 17.7 Å².